The molecule has 1 amide bonds. The van der Waals surface area contributed by atoms with Crippen LogP contribution in [0.2, 0.25) is 0 Å². The molecule has 0 spiro atoms. The minimum absolute atomic E-state index is 0.0714. The summed E-state index contributed by atoms with van der Waals surface area (Å²) in [6.07, 6.45) is 7.69. The number of amides is 1. The van der Waals surface area contributed by atoms with E-state index in [1.54, 1.807) is 4.57 Å². The third kappa shape index (κ3) is 3.79. The van der Waals surface area contributed by atoms with Gasteiger partial charge in [-0.1, -0.05) is 49.5 Å². The molecule has 0 radical (unpaired) electrons. The van der Waals surface area contributed by atoms with E-state index in [2.05, 4.69) is 20.4 Å². The molecule has 32 heavy (non-hydrogen) atoms. The monoisotopic (exact) mass is 434 g/mol. The Morgan fingerprint density at radius 3 is 2.81 bits per heavy atom. The Balaban J connectivity index is 1.53. The van der Waals surface area contributed by atoms with Gasteiger partial charge >= 0.3 is 0 Å². The minimum atomic E-state index is -0.243. The maximum Gasteiger partial charge on any atom is 0.278 e. The van der Waals surface area contributed by atoms with Crippen molar-refractivity contribution in [3.8, 4) is 0 Å². The molecule has 1 fully saturated rings. The second-order valence-corrected chi connectivity index (χ2v) is 8.34. The summed E-state index contributed by atoms with van der Waals surface area (Å²) >= 11 is 0. The quantitative estimate of drug-likeness (QED) is 0.500. The molecule has 9 heteroatoms. The highest BCUT2D eigenvalue weighted by atomic mass is 16.5. The van der Waals surface area contributed by atoms with Crippen LogP contribution in [0.25, 0.3) is 21.9 Å². The standard InChI is InChI=1S/C23H26N6O3/c1-2-18-26-20(32-27-18)13-28-14-24-21-16-10-6-7-11-17(16)29(22(21)23(28)31)12-19(30)25-15-8-4-3-5-9-15/h6-7,10-11,14-15H,2-5,8-9,12-13H2,1H3,(H,25,30). The number of para-hydroxylation sites is 1. The number of aromatic nitrogens is 5. The van der Waals surface area contributed by atoms with Crippen LogP contribution < -0.4 is 10.9 Å². The largest absolute Gasteiger partial charge is 0.352 e. The molecule has 0 saturated heterocycles. The highest BCUT2D eigenvalue weighted by molar-refractivity contribution is 6.06. The third-order valence-corrected chi connectivity index (χ3v) is 6.14. The number of hydrogen-bond acceptors (Lipinski definition) is 6. The second kappa shape index (κ2) is 8.57. The molecule has 1 aliphatic carbocycles. The molecular formula is C23H26N6O3. The average molecular weight is 435 g/mol. The minimum Gasteiger partial charge on any atom is -0.352 e. The lowest BCUT2D eigenvalue weighted by Gasteiger charge is -2.23. The van der Waals surface area contributed by atoms with Gasteiger partial charge in [0.25, 0.3) is 5.56 Å². The predicted molar refractivity (Wildman–Crippen MR) is 119 cm³/mol. The van der Waals surface area contributed by atoms with Gasteiger partial charge in [0, 0.05) is 17.8 Å². The number of nitrogens with zero attached hydrogens (tertiary/aromatic N) is 5. The Bertz CT molecular complexity index is 1330. The fourth-order valence-corrected chi connectivity index (χ4v) is 4.53. The van der Waals surface area contributed by atoms with E-state index in [-0.39, 0.29) is 30.6 Å². The van der Waals surface area contributed by atoms with E-state index in [0.29, 0.717) is 29.2 Å². The van der Waals surface area contributed by atoms with E-state index in [0.717, 1.165) is 36.6 Å². The molecule has 3 aromatic heterocycles. The summed E-state index contributed by atoms with van der Waals surface area (Å²) in [5.74, 6) is 0.859. The first kappa shape index (κ1) is 20.4. The van der Waals surface area contributed by atoms with Crippen molar-refractivity contribution < 1.29 is 9.32 Å². The number of carbonyl (C=O) groups excluding carboxylic acids is 1. The third-order valence-electron chi connectivity index (χ3n) is 6.14. The Morgan fingerprint density at radius 2 is 2.03 bits per heavy atom. The van der Waals surface area contributed by atoms with E-state index >= 15 is 0 Å². The second-order valence-electron chi connectivity index (χ2n) is 8.34. The van der Waals surface area contributed by atoms with Crippen LogP contribution in [0.5, 0.6) is 0 Å². The van der Waals surface area contributed by atoms with Crippen molar-refractivity contribution in [2.45, 2.75) is 64.6 Å². The molecule has 4 aromatic rings. The molecule has 0 aliphatic heterocycles. The zero-order valence-corrected chi connectivity index (χ0v) is 18.1. The molecule has 0 unspecified atom stereocenters. The molecule has 166 valence electrons. The molecular weight excluding hydrogens is 408 g/mol. The molecule has 5 rings (SSSR count). The van der Waals surface area contributed by atoms with Crippen LogP contribution in [-0.4, -0.2) is 36.2 Å². The van der Waals surface area contributed by atoms with E-state index < -0.39 is 0 Å². The van der Waals surface area contributed by atoms with Gasteiger partial charge in [-0.15, -0.1) is 0 Å². The van der Waals surface area contributed by atoms with Gasteiger partial charge in [0.05, 0.1) is 11.8 Å². The SMILES string of the molecule is CCc1noc(Cn2cnc3c4ccccc4n(CC(=O)NC4CCCCC4)c3c2=O)n1. The normalized spacial score (nSPS) is 14.9. The summed E-state index contributed by atoms with van der Waals surface area (Å²) in [7, 11) is 0. The number of benzene rings is 1. The number of rotatable bonds is 6. The Hall–Kier alpha value is -3.49. The zero-order chi connectivity index (χ0) is 22.1. The van der Waals surface area contributed by atoms with Crippen molar-refractivity contribution in [1.29, 1.82) is 0 Å². The Labute approximate surface area is 184 Å². The van der Waals surface area contributed by atoms with Crippen molar-refractivity contribution in [3.05, 3.63) is 52.7 Å². The van der Waals surface area contributed by atoms with E-state index in [1.165, 1.54) is 17.3 Å². The van der Waals surface area contributed by atoms with Gasteiger partial charge in [-0.25, -0.2) is 4.98 Å². The van der Waals surface area contributed by atoms with Gasteiger partial charge in [-0.3, -0.25) is 14.2 Å². The topological polar surface area (TPSA) is 108 Å². The molecule has 0 bridgehead atoms. The number of carbonyl (C=O) groups is 1. The predicted octanol–water partition coefficient (Wildman–Crippen LogP) is 2.79. The molecule has 1 aromatic carbocycles. The van der Waals surface area contributed by atoms with Crippen LogP contribution >= 0.6 is 0 Å². The fourth-order valence-electron chi connectivity index (χ4n) is 4.53. The first-order valence-corrected chi connectivity index (χ1v) is 11.2. The van der Waals surface area contributed by atoms with Crippen molar-refractivity contribution in [3.63, 3.8) is 0 Å². The molecule has 1 saturated carbocycles. The van der Waals surface area contributed by atoms with Crippen LogP contribution in [-0.2, 0) is 24.3 Å². The van der Waals surface area contributed by atoms with E-state index in [4.69, 9.17) is 4.52 Å². The van der Waals surface area contributed by atoms with Crippen LogP contribution in [0.3, 0.4) is 0 Å². The van der Waals surface area contributed by atoms with Crippen LogP contribution in [0.4, 0.5) is 0 Å². The zero-order valence-electron chi connectivity index (χ0n) is 18.1. The maximum absolute atomic E-state index is 13.5. The van der Waals surface area contributed by atoms with Gasteiger partial charge in [0.1, 0.15) is 24.1 Å². The molecule has 3 heterocycles. The Kier molecular flexibility index (Phi) is 5.46. The van der Waals surface area contributed by atoms with Crippen molar-refractivity contribution in [2.75, 3.05) is 0 Å². The summed E-state index contributed by atoms with van der Waals surface area (Å²) in [5.41, 5.74) is 1.57. The van der Waals surface area contributed by atoms with Gasteiger partial charge < -0.3 is 14.4 Å². The number of nitrogens with one attached hydrogen (secondary N) is 1. The highest BCUT2D eigenvalue weighted by Gasteiger charge is 2.21. The van der Waals surface area contributed by atoms with Crippen molar-refractivity contribution >= 4 is 27.8 Å². The molecule has 9 nitrogen and oxygen atoms in total. The van der Waals surface area contributed by atoms with E-state index in [9.17, 15) is 9.59 Å². The lowest BCUT2D eigenvalue weighted by atomic mass is 9.95. The average Bonchev–Trinajstić information content (AvgIpc) is 3.39. The molecule has 0 atom stereocenters. The molecule has 1 aliphatic rings. The molecule has 1 N–H and O–H groups in total. The van der Waals surface area contributed by atoms with Gasteiger partial charge in [-0.2, -0.15) is 4.98 Å². The number of aryl methyl sites for hydroxylation is 1. The van der Waals surface area contributed by atoms with Crippen molar-refractivity contribution in [1.82, 2.24) is 29.6 Å². The van der Waals surface area contributed by atoms with E-state index in [1.807, 2.05) is 31.2 Å². The smallest absolute Gasteiger partial charge is 0.278 e. The summed E-state index contributed by atoms with van der Waals surface area (Å²) < 4.78 is 8.47. The first-order valence-electron chi connectivity index (χ1n) is 11.2. The van der Waals surface area contributed by atoms with Crippen LogP contribution in [0.1, 0.15) is 50.7 Å². The van der Waals surface area contributed by atoms with Gasteiger partial charge in [0.15, 0.2) is 5.82 Å². The number of hydrogen-bond donors (Lipinski definition) is 1. The van der Waals surface area contributed by atoms with Gasteiger partial charge in [-0.05, 0) is 18.9 Å². The first-order chi connectivity index (χ1) is 15.6. The summed E-state index contributed by atoms with van der Waals surface area (Å²) in [6.45, 7) is 2.14. The summed E-state index contributed by atoms with van der Waals surface area (Å²) in [6, 6.07) is 7.87. The Morgan fingerprint density at radius 1 is 1.22 bits per heavy atom. The lowest BCUT2D eigenvalue weighted by Crippen LogP contribution is -2.38. The summed E-state index contributed by atoms with van der Waals surface area (Å²) in [5, 5.41) is 7.89. The maximum atomic E-state index is 13.5. The highest BCUT2D eigenvalue weighted by Crippen LogP contribution is 2.25. The number of fused-ring (bicyclic) bond motifs is 3. The van der Waals surface area contributed by atoms with Crippen molar-refractivity contribution in [2.24, 2.45) is 0 Å². The fraction of sp³-hybridized carbons (Fsp3) is 0.435. The van der Waals surface area contributed by atoms with Crippen LogP contribution in [0.15, 0.2) is 39.9 Å². The lowest BCUT2D eigenvalue weighted by molar-refractivity contribution is -0.122. The van der Waals surface area contributed by atoms with Gasteiger partial charge in [0.2, 0.25) is 11.8 Å². The summed E-state index contributed by atoms with van der Waals surface area (Å²) in [4.78, 5) is 35.2. The van der Waals surface area contributed by atoms with Crippen LogP contribution in [0, 0.1) is 0 Å².